The summed E-state index contributed by atoms with van der Waals surface area (Å²) in [4.78, 5) is 32.4. The molecule has 1 atom stereocenters. The lowest BCUT2D eigenvalue weighted by atomic mass is 10.1. The molecule has 1 aliphatic heterocycles. The molecule has 2 rings (SSSR count). The number of nitro groups is 2. The van der Waals surface area contributed by atoms with Gasteiger partial charge >= 0.3 is 0 Å². The SMILES string of the molecule is CC1=NN(C(=O)c2cc([N+](=O)[O-])cc([N+](=O)[O-])c2)[C@](C)(O)C1. The Morgan fingerprint density at radius 2 is 1.77 bits per heavy atom. The number of nitrogens with zero attached hydrogens (tertiary/aromatic N) is 4. The van der Waals surface area contributed by atoms with Crippen molar-refractivity contribution in [2.45, 2.75) is 26.0 Å². The van der Waals surface area contributed by atoms with Crippen LogP contribution in [0.4, 0.5) is 11.4 Å². The molecular formula is C12H12N4O6. The molecule has 0 saturated heterocycles. The number of benzene rings is 1. The Morgan fingerprint density at radius 3 is 2.14 bits per heavy atom. The zero-order valence-corrected chi connectivity index (χ0v) is 11.7. The number of amides is 1. The van der Waals surface area contributed by atoms with Crippen molar-refractivity contribution < 1.29 is 19.7 Å². The highest BCUT2D eigenvalue weighted by Gasteiger charge is 2.40. The number of carbonyl (C=O) groups excluding carboxylic acids is 1. The number of hydrazone groups is 1. The largest absolute Gasteiger partial charge is 0.369 e. The van der Waals surface area contributed by atoms with E-state index in [1.165, 1.54) is 6.92 Å². The highest BCUT2D eigenvalue weighted by Crippen LogP contribution is 2.29. The number of hydrogen-bond donors (Lipinski definition) is 1. The number of nitro benzene ring substituents is 2. The molecule has 10 heteroatoms. The predicted octanol–water partition coefficient (Wildman–Crippen LogP) is 1.43. The van der Waals surface area contributed by atoms with E-state index < -0.39 is 32.9 Å². The van der Waals surface area contributed by atoms with Crippen LogP contribution in [0.1, 0.15) is 30.6 Å². The third kappa shape index (κ3) is 2.76. The van der Waals surface area contributed by atoms with Gasteiger partial charge in [-0.25, -0.2) is 0 Å². The average Bonchev–Trinajstić information content (AvgIpc) is 2.70. The minimum absolute atomic E-state index is 0.121. The number of aliphatic hydroxyl groups is 1. The molecule has 10 nitrogen and oxygen atoms in total. The normalized spacial score (nSPS) is 20.7. The average molecular weight is 308 g/mol. The quantitative estimate of drug-likeness (QED) is 0.661. The highest BCUT2D eigenvalue weighted by atomic mass is 16.6. The Morgan fingerprint density at radius 1 is 1.27 bits per heavy atom. The fraction of sp³-hybridized carbons (Fsp3) is 0.333. The van der Waals surface area contributed by atoms with Crippen LogP contribution in [0.5, 0.6) is 0 Å². The van der Waals surface area contributed by atoms with E-state index in [0.717, 1.165) is 23.2 Å². The van der Waals surface area contributed by atoms with E-state index >= 15 is 0 Å². The third-order valence-corrected chi connectivity index (χ3v) is 3.08. The summed E-state index contributed by atoms with van der Waals surface area (Å²) in [7, 11) is 0. The van der Waals surface area contributed by atoms with Gasteiger partial charge in [0.1, 0.15) is 0 Å². The third-order valence-electron chi connectivity index (χ3n) is 3.08. The zero-order valence-electron chi connectivity index (χ0n) is 11.7. The van der Waals surface area contributed by atoms with Gasteiger partial charge in [0.05, 0.1) is 21.5 Å². The first kappa shape index (κ1) is 15.5. The summed E-state index contributed by atoms with van der Waals surface area (Å²) in [6.07, 6.45) is 0.121. The Bertz CT molecular complexity index is 679. The number of hydrogen-bond acceptors (Lipinski definition) is 7. The van der Waals surface area contributed by atoms with E-state index in [-0.39, 0.29) is 12.0 Å². The van der Waals surface area contributed by atoms with Crippen molar-refractivity contribution in [2.24, 2.45) is 5.10 Å². The van der Waals surface area contributed by atoms with Gasteiger partial charge in [-0.05, 0) is 13.8 Å². The van der Waals surface area contributed by atoms with Crippen LogP contribution in [-0.4, -0.2) is 37.3 Å². The monoisotopic (exact) mass is 308 g/mol. The maximum absolute atomic E-state index is 12.4. The maximum Gasteiger partial charge on any atom is 0.277 e. The molecule has 0 radical (unpaired) electrons. The zero-order chi connectivity index (χ0) is 16.7. The highest BCUT2D eigenvalue weighted by molar-refractivity contribution is 5.98. The fourth-order valence-corrected chi connectivity index (χ4v) is 2.19. The molecule has 22 heavy (non-hydrogen) atoms. The summed E-state index contributed by atoms with van der Waals surface area (Å²) in [5.41, 5.74) is -2.55. The molecule has 1 heterocycles. The molecule has 1 amide bonds. The summed E-state index contributed by atoms with van der Waals surface area (Å²) in [6.45, 7) is 2.97. The summed E-state index contributed by atoms with van der Waals surface area (Å²) in [6, 6.07) is 2.58. The summed E-state index contributed by atoms with van der Waals surface area (Å²) in [5.74, 6) is -0.853. The fourth-order valence-electron chi connectivity index (χ4n) is 2.19. The van der Waals surface area contributed by atoms with Crippen LogP contribution in [0.25, 0.3) is 0 Å². The van der Waals surface area contributed by atoms with Gasteiger partial charge in [-0.1, -0.05) is 0 Å². The topological polar surface area (TPSA) is 139 Å². The van der Waals surface area contributed by atoms with Gasteiger partial charge in [0.15, 0.2) is 5.72 Å². The van der Waals surface area contributed by atoms with Crippen LogP contribution in [0.3, 0.4) is 0 Å². The van der Waals surface area contributed by atoms with E-state index in [4.69, 9.17) is 0 Å². The van der Waals surface area contributed by atoms with Crippen molar-refractivity contribution in [3.05, 3.63) is 44.0 Å². The Labute approximate surface area is 124 Å². The molecular weight excluding hydrogens is 296 g/mol. The first-order valence-corrected chi connectivity index (χ1v) is 6.17. The molecule has 0 aliphatic carbocycles. The summed E-state index contributed by atoms with van der Waals surface area (Å²) in [5, 5.41) is 36.4. The Kier molecular flexibility index (Phi) is 3.63. The number of non-ortho nitro benzene ring substituents is 2. The predicted molar refractivity (Wildman–Crippen MR) is 74.3 cm³/mol. The van der Waals surface area contributed by atoms with Crippen molar-refractivity contribution in [3.8, 4) is 0 Å². The van der Waals surface area contributed by atoms with Gasteiger partial charge in [-0.2, -0.15) is 10.1 Å². The molecule has 0 aromatic heterocycles. The lowest BCUT2D eigenvalue weighted by Crippen LogP contribution is -2.43. The molecule has 0 spiro atoms. The first-order valence-electron chi connectivity index (χ1n) is 6.17. The standard InChI is InChI=1S/C12H12N4O6/c1-7-6-12(2,18)14(13-7)11(17)8-3-9(15(19)20)5-10(4-8)16(21)22/h3-5,18H,6H2,1-2H3/t12-/m1/s1. The van der Waals surface area contributed by atoms with Crippen LogP contribution in [-0.2, 0) is 0 Å². The summed E-state index contributed by atoms with van der Waals surface area (Å²) >= 11 is 0. The number of carbonyl (C=O) groups is 1. The van der Waals surface area contributed by atoms with Gasteiger partial charge in [0.2, 0.25) is 0 Å². The van der Waals surface area contributed by atoms with E-state index in [2.05, 4.69) is 5.10 Å². The van der Waals surface area contributed by atoms with Gasteiger partial charge in [0.25, 0.3) is 17.3 Å². The maximum atomic E-state index is 12.4. The van der Waals surface area contributed by atoms with Crippen molar-refractivity contribution in [1.82, 2.24) is 5.01 Å². The van der Waals surface area contributed by atoms with Crippen LogP contribution >= 0.6 is 0 Å². The molecule has 0 unspecified atom stereocenters. The van der Waals surface area contributed by atoms with Crippen molar-refractivity contribution in [1.29, 1.82) is 0 Å². The second-order valence-corrected chi connectivity index (χ2v) is 5.10. The molecule has 1 aliphatic rings. The van der Waals surface area contributed by atoms with Crippen molar-refractivity contribution >= 4 is 23.0 Å². The second-order valence-electron chi connectivity index (χ2n) is 5.10. The molecule has 1 aromatic carbocycles. The van der Waals surface area contributed by atoms with Crippen LogP contribution < -0.4 is 0 Å². The molecule has 1 aromatic rings. The van der Waals surface area contributed by atoms with Crippen molar-refractivity contribution in [2.75, 3.05) is 0 Å². The first-order chi connectivity index (χ1) is 10.1. The van der Waals surface area contributed by atoms with E-state index in [1.54, 1.807) is 6.92 Å². The minimum Gasteiger partial charge on any atom is -0.369 e. The van der Waals surface area contributed by atoms with E-state index in [0.29, 0.717) is 5.71 Å². The van der Waals surface area contributed by atoms with Crippen LogP contribution in [0, 0.1) is 20.2 Å². The Hall–Kier alpha value is -2.88. The van der Waals surface area contributed by atoms with Crippen LogP contribution in [0.2, 0.25) is 0 Å². The van der Waals surface area contributed by atoms with E-state index in [1.807, 2.05) is 0 Å². The number of rotatable bonds is 3. The lowest BCUT2D eigenvalue weighted by molar-refractivity contribution is -0.394. The Balaban J connectivity index is 2.50. The van der Waals surface area contributed by atoms with E-state index in [9.17, 15) is 30.1 Å². The molecule has 0 fully saturated rings. The second kappa shape index (κ2) is 5.15. The lowest BCUT2D eigenvalue weighted by Gasteiger charge is -2.26. The van der Waals surface area contributed by atoms with Gasteiger partial charge in [-0.15, -0.1) is 0 Å². The van der Waals surface area contributed by atoms with Crippen LogP contribution in [0.15, 0.2) is 23.3 Å². The molecule has 0 saturated carbocycles. The minimum atomic E-state index is -1.58. The van der Waals surface area contributed by atoms with Crippen molar-refractivity contribution in [3.63, 3.8) is 0 Å². The molecule has 0 bridgehead atoms. The van der Waals surface area contributed by atoms with Gasteiger partial charge in [0, 0.05) is 24.3 Å². The van der Waals surface area contributed by atoms with Gasteiger partial charge < -0.3 is 5.11 Å². The summed E-state index contributed by atoms with van der Waals surface area (Å²) < 4.78 is 0. The smallest absolute Gasteiger partial charge is 0.277 e. The molecule has 1 N–H and O–H groups in total. The molecule has 116 valence electrons. The van der Waals surface area contributed by atoms with Gasteiger partial charge in [-0.3, -0.25) is 25.0 Å².